The molecule has 0 fully saturated rings. The maximum absolute atomic E-state index is 2.38. The van der Waals surface area contributed by atoms with Crippen molar-refractivity contribution in [2.24, 2.45) is 0 Å². The maximum Gasteiger partial charge on any atom is -1.00 e. The first-order chi connectivity index (χ1) is 11.3. The zero-order valence-electron chi connectivity index (χ0n) is 14.0. The van der Waals surface area contributed by atoms with Crippen molar-refractivity contribution in [3.63, 3.8) is 0 Å². The number of hydrogen-bond acceptors (Lipinski definition) is 0. The standard InChI is InChI=1S/C16H14P.C5H5.2ClH.Ti/c1-12-11-13-7-5-6-10-15(13)16(12)17-14-8-3-2-4-9-14;1-2-4-5-3-1;;;/h2-11,17H,1H3;1-3H,4H2;2*1H;/q;;;;+2/p-2. The van der Waals surface area contributed by atoms with E-state index >= 15 is 0 Å². The van der Waals surface area contributed by atoms with E-state index in [1.807, 2.05) is 0 Å². The van der Waals surface area contributed by atoms with E-state index in [0.29, 0.717) is 4.22 Å². The van der Waals surface area contributed by atoms with Crippen LogP contribution in [0.25, 0.3) is 5.31 Å². The summed E-state index contributed by atoms with van der Waals surface area (Å²) in [6, 6.07) is 20.0. The molecule has 2 aliphatic carbocycles. The molecule has 0 aliphatic heterocycles. The molecule has 25 heavy (non-hydrogen) atoms. The van der Waals surface area contributed by atoms with Gasteiger partial charge in [-0.15, -0.1) is 0 Å². The van der Waals surface area contributed by atoms with Crippen molar-refractivity contribution in [2.75, 3.05) is 0 Å². The van der Waals surface area contributed by atoms with Crippen LogP contribution < -0.4 is 30.1 Å². The Kier molecular flexibility index (Phi) is 7.75. The van der Waals surface area contributed by atoms with E-state index < -0.39 is 0 Å². The average Bonchev–Trinajstić information content (AvgIpc) is 3.19. The molecule has 2 atom stereocenters. The topological polar surface area (TPSA) is 0 Å². The van der Waals surface area contributed by atoms with E-state index in [-0.39, 0.29) is 44.0 Å². The molecular weight excluding hydrogens is 402 g/mol. The van der Waals surface area contributed by atoms with Gasteiger partial charge in [0.1, 0.15) is 0 Å². The van der Waals surface area contributed by atoms with E-state index in [9.17, 15) is 0 Å². The van der Waals surface area contributed by atoms with E-state index in [1.165, 1.54) is 17.3 Å². The Labute approximate surface area is 173 Å². The Morgan fingerprint density at radius 2 is 1.68 bits per heavy atom. The van der Waals surface area contributed by atoms with Crippen LogP contribution in [0.5, 0.6) is 0 Å². The molecule has 0 heterocycles. The largest absolute Gasteiger partial charge is 1.00 e. The molecule has 0 radical (unpaired) electrons. The van der Waals surface area contributed by atoms with Crippen LogP contribution in [0.3, 0.4) is 0 Å². The summed E-state index contributed by atoms with van der Waals surface area (Å²) in [6.07, 6.45) is 8.06. The molecule has 126 valence electrons. The van der Waals surface area contributed by atoms with E-state index in [4.69, 9.17) is 0 Å². The molecular formula is C21H19Cl2PTi. The zero-order chi connectivity index (χ0) is 15.6. The van der Waals surface area contributed by atoms with Crippen molar-refractivity contribution < 1.29 is 44.0 Å². The van der Waals surface area contributed by atoms with E-state index in [2.05, 4.69) is 79.7 Å². The van der Waals surface area contributed by atoms with Crippen LogP contribution in [-0.2, 0) is 19.2 Å². The van der Waals surface area contributed by atoms with Gasteiger partial charge in [-0.1, -0.05) is 0 Å². The second kappa shape index (κ2) is 9.36. The first-order valence-electron chi connectivity index (χ1n) is 8.07. The van der Waals surface area contributed by atoms with Gasteiger partial charge in [0.25, 0.3) is 0 Å². The summed E-state index contributed by atoms with van der Waals surface area (Å²) in [5.74, 6) is 0. The molecule has 0 aromatic heterocycles. The molecule has 0 nitrogen and oxygen atoms in total. The fourth-order valence-electron chi connectivity index (χ4n) is 3.32. The van der Waals surface area contributed by atoms with Crippen LogP contribution in [0.15, 0.2) is 82.3 Å². The Morgan fingerprint density at radius 1 is 0.960 bits per heavy atom. The third-order valence-corrected chi connectivity index (χ3v) is 8.82. The monoisotopic (exact) mass is 420 g/mol. The molecule has 2 aliphatic rings. The van der Waals surface area contributed by atoms with Gasteiger partial charge in [-0.2, -0.15) is 0 Å². The molecule has 4 heteroatoms. The van der Waals surface area contributed by atoms with Crippen LogP contribution in [0, 0.1) is 0 Å². The van der Waals surface area contributed by atoms with E-state index in [1.54, 1.807) is 20.3 Å². The molecule has 2 unspecified atom stereocenters. The number of benzene rings is 2. The molecule has 2 aromatic carbocycles. The van der Waals surface area contributed by atoms with Crippen LogP contribution >= 0.6 is 8.58 Å². The van der Waals surface area contributed by atoms with Crippen molar-refractivity contribution in [1.29, 1.82) is 0 Å². The number of halogens is 2. The quantitative estimate of drug-likeness (QED) is 0.458. The summed E-state index contributed by atoms with van der Waals surface area (Å²) in [5.41, 5.74) is 4.71. The summed E-state index contributed by atoms with van der Waals surface area (Å²) in [7, 11) is 0.769. The van der Waals surface area contributed by atoms with Crippen LogP contribution in [0.1, 0.15) is 28.7 Å². The normalized spacial score (nSPS) is 17.8. The summed E-state index contributed by atoms with van der Waals surface area (Å²) in [4.78, 5) is 0. The Bertz CT molecular complexity index is 825. The fraction of sp³-hybridized carbons (Fsp3) is 0.143. The molecule has 0 saturated heterocycles. The second-order valence-electron chi connectivity index (χ2n) is 6.04. The van der Waals surface area contributed by atoms with Gasteiger partial charge in [0.05, 0.1) is 0 Å². The van der Waals surface area contributed by atoms with Gasteiger partial charge in [0, 0.05) is 0 Å². The first kappa shape index (κ1) is 20.7. The molecule has 0 bridgehead atoms. The first-order valence-corrected chi connectivity index (χ1v) is 10.8. The molecule has 0 amide bonds. The minimum Gasteiger partial charge on any atom is -1.00 e. The molecule has 0 saturated carbocycles. The van der Waals surface area contributed by atoms with Gasteiger partial charge < -0.3 is 24.8 Å². The van der Waals surface area contributed by atoms with Crippen molar-refractivity contribution in [3.05, 3.63) is 93.4 Å². The summed E-state index contributed by atoms with van der Waals surface area (Å²) in [5, 5.41) is 3.03. The van der Waals surface area contributed by atoms with Gasteiger partial charge >= 0.3 is 149 Å². The van der Waals surface area contributed by atoms with Gasteiger partial charge in [-0.3, -0.25) is 0 Å². The third kappa shape index (κ3) is 4.38. The Balaban J connectivity index is 0.00000113. The van der Waals surface area contributed by atoms with Gasteiger partial charge in [-0.25, -0.2) is 0 Å². The predicted octanol–water partition coefficient (Wildman–Crippen LogP) is -0.589. The summed E-state index contributed by atoms with van der Waals surface area (Å²) < 4.78 is 2.37. The molecule has 0 spiro atoms. The second-order valence-corrected chi connectivity index (χ2v) is 9.72. The Hall–Kier alpha value is -0.616. The third-order valence-electron chi connectivity index (χ3n) is 4.51. The van der Waals surface area contributed by atoms with Crippen molar-refractivity contribution in [2.45, 2.75) is 17.6 Å². The van der Waals surface area contributed by atoms with Crippen molar-refractivity contribution in [3.8, 4) is 0 Å². The minimum atomic E-state index is -0.124. The number of hydrogen-bond donors (Lipinski definition) is 0. The number of fused-ring (bicyclic) bond motifs is 1. The van der Waals surface area contributed by atoms with Crippen LogP contribution in [0.4, 0.5) is 0 Å². The molecule has 0 N–H and O–H groups in total. The van der Waals surface area contributed by atoms with Crippen molar-refractivity contribution >= 4 is 19.2 Å². The van der Waals surface area contributed by atoms with Gasteiger partial charge in [0.2, 0.25) is 0 Å². The zero-order valence-corrected chi connectivity index (χ0v) is 18.0. The number of allylic oxidation sites excluding steroid dienone is 5. The van der Waals surface area contributed by atoms with Gasteiger partial charge in [-0.05, 0) is 0 Å². The smallest absolute Gasteiger partial charge is 1.00 e. The van der Waals surface area contributed by atoms with Crippen molar-refractivity contribution in [1.82, 2.24) is 0 Å². The van der Waals surface area contributed by atoms with Crippen LogP contribution in [0.2, 0.25) is 0 Å². The predicted molar refractivity (Wildman–Crippen MR) is 98.0 cm³/mol. The maximum atomic E-state index is 2.38. The SMILES string of the molecule is CC1=C(Pc2ccccc2)c2ccccc2[CH]1[Ti+2][C]1=CC=CC1.[Cl-].[Cl-]. The van der Waals surface area contributed by atoms with Crippen LogP contribution in [-0.4, -0.2) is 0 Å². The molecule has 2 aromatic rings. The Morgan fingerprint density at radius 3 is 2.40 bits per heavy atom. The minimum absolute atomic E-state index is 0. The fourth-order valence-corrected chi connectivity index (χ4v) is 7.35. The van der Waals surface area contributed by atoms with E-state index in [0.717, 1.165) is 8.58 Å². The summed E-state index contributed by atoms with van der Waals surface area (Å²) in [6.45, 7) is 2.38. The average molecular weight is 421 g/mol. The molecule has 4 rings (SSSR count). The number of rotatable bonds is 4. The van der Waals surface area contributed by atoms with Gasteiger partial charge in [0.15, 0.2) is 0 Å². The summed E-state index contributed by atoms with van der Waals surface area (Å²) >= 11 is -0.124.